The topological polar surface area (TPSA) is 238 Å². The number of nitrogens with one attached hydrogen (secondary N) is 1. The Labute approximate surface area is 320 Å². The molecule has 53 heavy (non-hydrogen) atoms. The van der Waals surface area contributed by atoms with Gasteiger partial charge in [-0.05, 0) is 69.9 Å². The summed E-state index contributed by atoms with van der Waals surface area (Å²) in [5.41, 5.74) is 23.2. The third-order valence-electron chi connectivity index (χ3n) is 9.14. The molecule has 1 aliphatic rings. The van der Waals surface area contributed by atoms with Crippen molar-refractivity contribution in [3.8, 4) is 5.75 Å². The molecule has 0 saturated carbocycles. The Morgan fingerprint density at radius 2 is 1.72 bits per heavy atom. The molecule has 0 bridgehead atoms. The molecule has 2 heterocycles. The van der Waals surface area contributed by atoms with Gasteiger partial charge in [0, 0.05) is 60.8 Å². The number of nitrogens with two attached hydrogens (primary N) is 4. The highest BCUT2D eigenvalue weighted by Gasteiger charge is 2.41. The van der Waals surface area contributed by atoms with Gasteiger partial charge in [0.05, 0.1) is 11.1 Å². The number of hydrogen-bond donors (Lipinski definition) is 5. The Morgan fingerprint density at radius 1 is 1.04 bits per heavy atom. The van der Waals surface area contributed by atoms with Crippen LogP contribution in [0, 0.1) is 13.8 Å². The van der Waals surface area contributed by atoms with Crippen LogP contribution in [0.25, 0.3) is 10.9 Å². The molecule has 0 aliphatic carbocycles. The van der Waals surface area contributed by atoms with Gasteiger partial charge in [0.15, 0.2) is 11.9 Å². The molecule has 1 aliphatic heterocycles. The monoisotopic (exact) mass is 790 g/mol. The number of carbonyl (C=O) groups excluding carboxylic acids is 2. The van der Waals surface area contributed by atoms with Crippen molar-refractivity contribution in [2.75, 3.05) is 32.7 Å². The van der Waals surface area contributed by atoms with Gasteiger partial charge in [0.25, 0.3) is 0 Å². The average molecular weight is 792 g/mol. The quantitative estimate of drug-likeness (QED) is 0.0857. The van der Waals surface area contributed by atoms with Crippen LogP contribution in [0.5, 0.6) is 5.75 Å². The fraction of sp³-hybridized carbons (Fsp3) is 0.457. The van der Waals surface area contributed by atoms with E-state index in [-0.39, 0.29) is 84.0 Å². The standard InChI is InChI=1S/C35H48Cl2N10O5S/c1-5-35(4,32(49)47-16-14-46(15-17-47)29(48)19-23(44-34(40)41)8-7-13-42-33(38)39)45-53(50,51)28-12-11-26(36)25(30(28)37)20-52-27-10-6-9-24-21(2)18-22(3)43-31(24)27/h6,9-12,18,23,45H,5,7-8,13-17,19-20H2,1-4H3,(H4,38,39,42)(H4,40,41,44)/t23-,35+/m0/s1. The minimum atomic E-state index is -4.35. The molecule has 2 atom stereocenters. The molecular weight excluding hydrogens is 743 g/mol. The molecule has 2 aromatic carbocycles. The number of aryl methyl sites for hydroxylation is 2. The SMILES string of the molecule is CC[C@@](C)(NS(=O)(=O)c1ccc(Cl)c(COc2cccc3c(C)cc(C)nc23)c1Cl)C(=O)N1CCN(C(=O)C[C@H](CCCN=C(N)N)N=C(N)N)CC1. The number of sulfonamides is 1. The normalized spacial score (nSPS) is 15.1. The number of rotatable bonds is 15. The van der Waals surface area contributed by atoms with Gasteiger partial charge in [-0.15, -0.1) is 0 Å². The third kappa shape index (κ3) is 10.4. The van der Waals surface area contributed by atoms with Crippen molar-refractivity contribution in [1.29, 1.82) is 0 Å². The average Bonchev–Trinajstić information content (AvgIpc) is 3.09. The molecule has 4 rings (SSSR count). The van der Waals surface area contributed by atoms with E-state index in [9.17, 15) is 18.0 Å². The number of para-hydroxylation sites is 1. The molecule has 288 valence electrons. The van der Waals surface area contributed by atoms with Crippen LogP contribution < -0.4 is 32.4 Å². The summed E-state index contributed by atoms with van der Waals surface area (Å²) in [4.78, 5) is 42.8. The zero-order valence-electron chi connectivity index (χ0n) is 30.4. The summed E-state index contributed by atoms with van der Waals surface area (Å²) in [6.07, 6.45) is 1.26. The number of carbonyl (C=O) groups is 2. The molecule has 9 N–H and O–H groups in total. The van der Waals surface area contributed by atoms with Gasteiger partial charge < -0.3 is 37.5 Å². The lowest BCUT2D eigenvalue weighted by atomic mass is 9.98. The number of benzene rings is 2. The van der Waals surface area contributed by atoms with Crippen LogP contribution in [-0.2, 0) is 26.2 Å². The number of piperazine rings is 1. The number of pyridine rings is 1. The zero-order chi connectivity index (χ0) is 39.1. The van der Waals surface area contributed by atoms with Gasteiger partial charge in [-0.1, -0.05) is 42.3 Å². The summed E-state index contributed by atoms with van der Waals surface area (Å²) >= 11 is 13.2. The minimum Gasteiger partial charge on any atom is -0.487 e. The van der Waals surface area contributed by atoms with Gasteiger partial charge in [-0.3, -0.25) is 14.6 Å². The summed E-state index contributed by atoms with van der Waals surface area (Å²) < 4.78 is 36.5. The first-order valence-corrected chi connectivity index (χ1v) is 19.4. The summed E-state index contributed by atoms with van der Waals surface area (Å²) in [6, 6.07) is 9.81. The lowest BCUT2D eigenvalue weighted by molar-refractivity contribution is -0.143. The zero-order valence-corrected chi connectivity index (χ0v) is 32.7. The number of aliphatic imine (C=N–C) groups is 2. The Kier molecular flexibility index (Phi) is 13.8. The maximum Gasteiger partial charge on any atom is 0.243 e. The van der Waals surface area contributed by atoms with E-state index in [0.717, 1.165) is 16.6 Å². The highest BCUT2D eigenvalue weighted by Crippen LogP contribution is 2.34. The van der Waals surface area contributed by atoms with Crippen molar-refractivity contribution in [1.82, 2.24) is 19.5 Å². The van der Waals surface area contributed by atoms with E-state index in [4.69, 9.17) is 50.9 Å². The lowest BCUT2D eigenvalue weighted by Gasteiger charge is -2.40. The first-order valence-electron chi connectivity index (χ1n) is 17.2. The molecule has 2 amide bonds. The van der Waals surface area contributed by atoms with Crippen molar-refractivity contribution in [2.24, 2.45) is 32.9 Å². The number of ether oxygens (including phenoxy) is 1. The second-order valence-electron chi connectivity index (χ2n) is 13.2. The van der Waals surface area contributed by atoms with E-state index >= 15 is 0 Å². The molecule has 3 aromatic rings. The van der Waals surface area contributed by atoms with Crippen LogP contribution in [-0.4, -0.2) is 91.2 Å². The van der Waals surface area contributed by atoms with E-state index in [1.165, 1.54) is 19.1 Å². The lowest BCUT2D eigenvalue weighted by Crippen LogP contribution is -2.61. The van der Waals surface area contributed by atoms with E-state index in [2.05, 4.69) is 19.7 Å². The molecule has 1 saturated heterocycles. The predicted octanol–water partition coefficient (Wildman–Crippen LogP) is 2.94. The number of fused-ring (bicyclic) bond motifs is 1. The fourth-order valence-electron chi connectivity index (χ4n) is 6.15. The highest BCUT2D eigenvalue weighted by molar-refractivity contribution is 7.89. The molecule has 0 unspecified atom stereocenters. The van der Waals surface area contributed by atoms with Crippen molar-refractivity contribution in [2.45, 2.75) is 76.5 Å². The molecule has 0 radical (unpaired) electrons. The van der Waals surface area contributed by atoms with Crippen molar-refractivity contribution in [3.05, 3.63) is 63.3 Å². The first kappa shape index (κ1) is 41.4. The predicted molar refractivity (Wildman–Crippen MR) is 208 cm³/mol. The molecule has 1 aromatic heterocycles. The summed E-state index contributed by atoms with van der Waals surface area (Å²) in [5.74, 6) is -0.270. The smallest absolute Gasteiger partial charge is 0.243 e. The Morgan fingerprint density at radius 3 is 2.36 bits per heavy atom. The first-order chi connectivity index (χ1) is 25.0. The molecule has 1 fully saturated rings. The van der Waals surface area contributed by atoms with Gasteiger partial charge >= 0.3 is 0 Å². The number of amides is 2. The van der Waals surface area contributed by atoms with Gasteiger partial charge in [0.2, 0.25) is 21.8 Å². The van der Waals surface area contributed by atoms with Crippen LogP contribution in [0.15, 0.2) is 51.3 Å². The maximum absolute atomic E-state index is 13.9. The van der Waals surface area contributed by atoms with E-state index in [0.29, 0.717) is 30.7 Å². The highest BCUT2D eigenvalue weighted by atomic mass is 35.5. The number of nitrogens with zero attached hydrogens (tertiary/aromatic N) is 5. The van der Waals surface area contributed by atoms with Crippen LogP contribution in [0.1, 0.15) is 56.4 Å². The molecule has 15 nitrogen and oxygen atoms in total. The second-order valence-corrected chi connectivity index (χ2v) is 15.6. The van der Waals surface area contributed by atoms with Crippen LogP contribution in [0.4, 0.5) is 0 Å². The van der Waals surface area contributed by atoms with Gasteiger partial charge in [-0.2, -0.15) is 4.72 Å². The van der Waals surface area contributed by atoms with Crippen molar-refractivity contribution in [3.63, 3.8) is 0 Å². The summed E-state index contributed by atoms with van der Waals surface area (Å²) in [6.45, 7) is 8.25. The van der Waals surface area contributed by atoms with Gasteiger partial charge in [0.1, 0.15) is 28.3 Å². The fourth-order valence-corrected chi connectivity index (χ4v) is 8.48. The largest absolute Gasteiger partial charge is 0.487 e. The van der Waals surface area contributed by atoms with E-state index in [1.807, 2.05) is 32.0 Å². The molecular formula is C35H48Cl2N10O5S. The number of halogens is 2. The van der Waals surface area contributed by atoms with Gasteiger partial charge in [-0.25, -0.2) is 18.4 Å². The van der Waals surface area contributed by atoms with Crippen molar-refractivity contribution < 1.29 is 22.7 Å². The van der Waals surface area contributed by atoms with E-state index in [1.54, 1.807) is 22.8 Å². The molecule has 18 heteroatoms. The second kappa shape index (κ2) is 17.6. The number of guanidine groups is 2. The van der Waals surface area contributed by atoms with Crippen LogP contribution in [0.2, 0.25) is 10.0 Å². The van der Waals surface area contributed by atoms with Crippen LogP contribution in [0.3, 0.4) is 0 Å². The number of aromatic nitrogens is 1. The Balaban J connectivity index is 1.43. The van der Waals surface area contributed by atoms with E-state index < -0.39 is 27.5 Å². The number of hydrogen-bond acceptors (Lipinski definition) is 8. The summed E-state index contributed by atoms with van der Waals surface area (Å²) in [5, 5.41) is 1.01. The Hall–Kier alpha value is -4.38. The molecule has 0 spiro atoms. The van der Waals surface area contributed by atoms with Crippen molar-refractivity contribution >= 4 is 67.9 Å². The Bertz CT molecular complexity index is 2000. The van der Waals surface area contributed by atoms with Crippen LogP contribution >= 0.6 is 23.2 Å². The summed E-state index contributed by atoms with van der Waals surface area (Å²) in [7, 11) is -4.35. The maximum atomic E-state index is 13.9. The third-order valence-corrected chi connectivity index (χ3v) is 11.7. The minimum absolute atomic E-state index is 0.0244.